The Bertz CT molecular complexity index is 166. The van der Waals surface area contributed by atoms with Crippen LogP contribution in [0.25, 0.3) is 0 Å². The first-order valence-electron chi connectivity index (χ1n) is 6.33. The Hall–Kier alpha value is -0.0800. The summed E-state index contributed by atoms with van der Waals surface area (Å²) in [6.07, 6.45) is 8.44. The minimum absolute atomic E-state index is 0.838. The maximum atomic E-state index is 3.58. The summed E-state index contributed by atoms with van der Waals surface area (Å²) in [7, 11) is 0. The maximum Gasteiger partial charge on any atom is 0.00682 e. The molecule has 1 heterocycles. The number of nitrogens with one attached hydrogen (secondary N) is 1. The van der Waals surface area contributed by atoms with Gasteiger partial charge < -0.3 is 10.2 Å². The van der Waals surface area contributed by atoms with Crippen molar-refractivity contribution in [3.63, 3.8) is 0 Å². The molecule has 82 valence electrons. The zero-order chi connectivity index (χ0) is 9.80. The van der Waals surface area contributed by atoms with Crippen LogP contribution in [-0.4, -0.2) is 36.6 Å². The van der Waals surface area contributed by atoms with Crippen LogP contribution in [0.2, 0.25) is 0 Å². The number of nitrogens with zero attached hydrogens (tertiary/aromatic N) is 1. The molecule has 2 fully saturated rings. The van der Waals surface area contributed by atoms with Crippen molar-refractivity contribution in [2.45, 2.75) is 57.5 Å². The van der Waals surface area contributed by atoms with Gasteiger partial charge in [0.05, 0.1) is 0 Å². The molecule has 1 aliphatic carbocycles. The van der Waals surface area contributed by atoms with E-state index in [1.807, 2.05) is 0 Å². The highest BCUT2D eigenvalue weighted by molar-refractivity contribution is 4.81. The van der Waals surface area contributed by atoms with Gasteiger partial charge in [-0.3, -0.25) is 0 Å². The molecular formula is C12H24N2. The van der Waals surface area contributed by atoms with Crippen molar-refractivity contribution in [2.75, 3.05) is 19.6 Å². The third-order valence-corrected chi connectivity index (χ3v) is 3.57. The lowest BCUT2D eigenvalue weighted by Crippen LogP contribution is -2.39. The zero-order valence-electron chi connectivity index (χ0n) is 9.47. The van der Waals surface area contributed by atoms with E-state index in [1.54, 1.807) is 0 Å². The predicted octanol–water partition coefficient (Wildman–Crippen LogP) is 2.00. The van der Waals surface area contributed by atoms with Crippen molar-refractivity contribution in [2.24, 2.45) is 0 Å². The van der Waals surface area contributed by atoms with E-state index in [-0.39, 0.29) is 0 Å². The fourth-order valence-corrected chi connectivity index (χ4v) is 2.37. The van der Waals surface area contributed by atoms with E-state index >= 15 is 0 Å². The number of rotatable bonds is 5. The van der Waals surface area contributed by atoms with Crippen molar-refractivity contribution in [3.05, 3.63) is 0 Å². The third kappa shape index (κ3) is 3.25. The fraction of sp³-hybridized carbons (Fsp3) is 1.00. The Morgan fingerprint density at radius 1 is 1.21 bits per heavy atom. The van der Waals surface area contributed by atoms with E-state index in [4.69, 9.17) is 0 Å². The number of likely N-dealkylation sites (tertiary alicyclic amines) is 1. The van der Waals surface area contributed by atoms with Gasteiger partial charge >= 0.3 is 0 Å². The van der Waals surface area contributed by atoms with Gasteiger partial charge in [0.15, 0.2) is 0 Å². The molecule has 0 aromatic carbocycles. The summed E-state index contributed by atoms with van der Waals surface area (Å²) >= 11 is 0. The number of hydrogen-bond donors (Lipinski definition) is 1. The van der Waals surface area contributed by atoms with Crippen LogP contribution in [0.1, 0.15) is 45.4 Å². The van der Waals surface area contributed by atoms with Crippen LogP contribution < -0.4 is 5.32 Å². The van der Waals surface area contributed by atoms with E-state index in [0.29, 0.717) is 0 Å². The highest BCUT2D eigenvalue weighted by Crippen LogP contribution is 2.19. The standard InChI is InChI=1S/C12H24N2/c1-11-5-2-3-9-14(11)10-4-8-13-12-6-7-12/h11-13H,2-10H2,1H3. The van der Waals surface area contributed by atoms with E-state index in [9.17, 15) is 0 Å². The summed E-state index contributed by atoms with van der Waals surface area (Å²) in [5, 5.41) is 3.58. The van der Waals surface area contributed by atoms with Crippen molar-refractivity contribution in [1.29, 1.82) is 0 Å². The van der Waals surface area contributed by atoms with Crippen molar-refractivity contribution in [3.8, 4) is 0 Å². The van der Waals surface area contributed by atoms with Crippen LogP contribution in [0.4, 0.5) is 0 Å². The van der Waals surface area contributed by atoms with Crippen LogP contribution in [0.5, 0.6) is 0 Å². The second kappa shape index (κ2) is 5.13. The molecule has 0 aromatic heterocycles. The van der Waals surface area contributed by atoms with Crippen molar-refractivity contribution >= 4 is 0 Å². The van der Waals surface area contributed by atoms with Gasteiger partial charge in [-0.25, -0.2) is 0 Å². The van der Waals surface area contributed by atoms with Gasteiger partial charge in [-0.05, 0) is 58.7 Å². The summed E-state index contributed by atoms with van der Waals surface area (Å²) in [6.45, 7) is 6.26. The smallest absolute Gasteiger partial charge is 0.00682 e. The second-order valence-electron chi connectivity index (χ2n) is 4.96. The van der Waals surface area contributed by atoms with Crippen molar-refractivity contribution < 1.29 is 0 Å². The lowest BCUT2D eigenvalue weighted by molar-refractivity contribution is 0.159. The van der Waals surface area contributed by atoms with E-state index in [0.717, 1.165) is 12.1 Å². The first-order chi connectivity index (χ1) is 6.86. The number of hydrogen-bond acceptors (Lipinski definition) is 2. The lowest BCUT2D eigenvalue weighted by atomic mass is 10.0. The maximum absolute atomic E-state index is 3.58. The van der Waals surface area contributed by atoms with Crippen LogP contribution in [0.3, 0.4) is 0 Å². The molecule has 0 bridgehead atoms. The van der Waals surface area contributed by atoms with Gasteiger partial charge in [0.25, 0.3) is 0 Å². The molecule has 2 nitrogen and oxygen atoms in total. The quantitative estimate of drug-likeness (QED) is 0.677. The van der Waals surface area contributed by atoms with Gasteiger partial charge in [-0.15, -0.1) is 0 Å². The minimum atomic E-state index is 0.838. The summed E-state index contributed by atoms with van der Waals surface area (Å²) in [5.41, 5.74) is 0. The van der Waals surface area contributed by atoms with E-state index < -0.39 is 0 Å². The largest absolute Gasteiger partial charge is 0.314 e. The van der Waals surface area contributed by atoms with Crippen LogP contribution in [-0.2, 0) is 0 Å². The Morgan fingerprint density at radius 2 is 2.07 bits per heavy atom. The van der Waals surface area contributed by atoms with Crippen molar-refractivity contribution in [1.82, 2.24) is 10.2 Å². The number of piperidine rings is 1. The molecule has 2 aliphatic rings. The summed E-state index contributed by atoms with van der Waals surface area (Å²) < 4.78 is 0. The Balaban J connectivity index is 1.53. The normalized spacial score (nSPS) is 29.4. The second-order valence-corrected chi connectivity index (χ2v) is 4.96. The van der Waals surface area contributed by atoms with Gasteiger partial charge in [-0.2, -0.15) is 0 Å². The first-order valence-corrected chi connectivity index (χ1v) is 6.33. The molecule has 14 heavy (non-hydrogen) atoms. The fourth-order valence-electron chi connectivity index (χ4n) is 2.37. The predicted molar refractivity (Wildman–Crippen MR) is 60.5 cm³/mol. The molecule has 0 spiro atoms. The minimum Gasteiger partial charge on any atom is -0.314 e. The zero-order valence-corrected chi connectivity index (χ0v) is 9.47. The topological polar surface area (TPSA) is 15.3 Å². The van der Waals surface area contributed by atoms with Gasteiger partial charge in [0.2, 0.25) is 0 Å². The molecule has 1 atom stereocenters. The highest BCUT2D eigenvalue weighted by atomic mass is 15.2. The van der Waals surface area contributed by atoms with Crippen LogP contribution in [0, 0.1) is 0 Å². The molecule has 1 N–H and O–H groups in total. The molecule has 0 aromatic rings. The summed E-state index contributed by atoms with van der Waals surface area (Å²) in [6, 6.07) is 1.72. The monoisotopic (exact) mass is 196 g/mol. The average molecular weight is 196 g/mol. The molecule has 2 rings (SSSR count). The Kier molecular flexibility index (Phi) is 3.82. The molecule has 1 saturated heterocycles. The molecule has 1 saturated carbocycles. The van der Waals surface area contributed by atoms with Crippen LogP contribution >= 0.6 is 0 Å². The molecule has 1 unspecified atom stereocenters. The Morgan fingerprint density at radius 3 is 2.79 bits per heavy atom. The first kappa shape index (κ1) is 10.4. The SMILES string of the molecule is CC1CCCCN1CCCNC1CC1. The highest BCUT2D eigenvalue weighted by Gasteiger charge is 2.20. The van der Waals surface area contributed by atoms with Gasteiger partial charge in [0, 0.05) is 12.1 Å². The molecular weight excluding hydrogens is 172 g/mol. The van der Waals surface area contributed by atoms with Crippen LogP contribution in [0.15, 0.2) is 0 Å². The molecule has 0 amide bonds. The van der Waals surface area contributed by atoms with E-state index in [1.165, 1.54) is 58.2 Å². The average Bonchev–Trinajstić information content (AvgIpc) is 2.99. The molecule has 0 radical (unpaired) electrons. The van der Waals surface area contributed by atoms with Gasteiger partial charge in [-0.1, -0.05) is 6.42 Å². The third-order valence-electron chi connectivity index (χ3n) is 3.57. The van der Waals surface area contributed by atoms with E-state index in [2.05, 4.69) is 17.1 Å². The Labute approximate surface area is 88.1 Å². The lowest BCUT2D eigenvalue weighted by Gasteiger charge is -2.33. The van der Waals surface area contributed by atoms with Gasteiger partial charge in [0.1, 0.15) is 0 Å². The molecule has 1 aliphatic heterocycles. The molecule has 2 heteroatoms. The summed E-state index contributed by atoms with van der Waals surface area (Å²) in [5.74, 6) is 0. The summed E-state index contributed by atoms with van der Waals surface area (Å²) in [4.78, 5) is 2.66.